The number of hydrogen-bond acceptors (Lipinski definition) is 5. The van der Waals surface area contributed by atoms with E-state index in [4.69, 9.17) is 11.6 Å². The summed E-state index contributed by atoms with van der Waals surface area (Å²) in [6.07, 6.45) is 3.51. The van der Waals surface area contributed by atoms with Crippen LogP contribution in [0.2, 0.25) is 0 Å². The van der Waals surface area contributed by atoms with Gasteiger partial charge in [-0.15, -0.1) is 0 Å². The molecule has 0 radical (unpaired) electrons. The summed E-state index contributed by atoms with van der Waals surface area (Å²) < 4.78 is 3.14. The molecule has 5 heteroatoms. The molecular formula is C9H14N4S. The molecule has 4 nitrogen and oxygen atoms in total. The predicted octanol–water partition coefficient (Wildman–Crippen LogP) is 1.10. The summed E-state index contributed by atoms with van der Waals surface area (Å²) in [7, 11) is 0. The molecule has 0 aliphatic heterocycles. The van der Waals surface area contributed by atoms with Gasteiger partial charge in [0.15, 0.2) is 0 Å². The number of hydrogen-bond donors (Lipinski definition) is 4. The van der Waals surface area contributed by atoms with Crippen molar-refractivity contribution in [3.05, 3.63) is 36.0 Å². The Morgan fingerprint density at radius 3 is 2.79 bits per heavy atom. The highest BCUT2D eigenvalue weighted by molar-refractivity contribution is 7.99. The zero-order valence-electron chi connectivity index (χ0n) is 7.95. The van der Waals surface area contributed by atoms with Crippen LogP contribution in [0.5, 0.6) is 0 Å². The molecule has 0 aromatic heterocycles. The lowest BCUT2D eigenvalue weighted by molar-refractivity contribution is 0.967. The number of anilines is 1. The first-order valence-electron chi connectivity index (χ1n) is 4.09. The van der Waals surface area contributed by atoms with E-state index in [1.807, 2.05) is 30.5 Å². The van der Waals surface area contributed by atoms with Gasteiger partial charge in [0.1, 0.15) is 0 Å². The topological polar surface area (TPSA) is 76.1 Å². The van der Waals surface area contributed by atoms with E-state index in [0.29, 0.717) is 5.70 Å². The zero-order chi connectivity index (χ0) is 10.4. The molecule has 1 aromatic rings. The summed E-state index contributed by atoms with van der Waals surface area (Å²) in [5.74, 6) is 5.16. The van der Waals surface area contributed by atoms with Crippen molar-refractivity contribution in [1.29, 1.82) is 0 Å². The van der Waals surface area contributed by atoms with E-state index < -0.39 is 0 Å². The first-order chi connectivity index (χ1) is 6.79. The average molecular weight is 210 g/mol. The molecule has 0 spiro atoms. The van der Waals surface area contributed by atoms with Crippen LogP contribution >= 0.6 is 11.9 Å². The maximum Gasteiger partial charge on any atom is 0.0582 e. The van der Waals surface area contributed by atoms with E-state index in [1.165, 1.54) is 11.9 Å². The number of nitrogens with two attached hydrogens (primary N) is 2. The van der Waals surface area contributed by atoms with Gasteiger partial charge in [-0.05, 0) is 6.07 Å². The third-order valence-corrected chi connectivity index (χ3v) is 2.11. The van der Waals surface area contributed by atoms with Gasteiger partial charge in [0.05, 0.1) is 11.4 Å². The van der Waals surface area contributed by atoms with Gasteiger partial charge in [0.25, 0.3) is 0 Å². The van der Waals surface area contributed by atoms with E-state index >= 15 is 0 Å². The van der Waals surface area contributed by atoms with Gasteiger partial charge >= 0.3 is 0 Å². The first-order valence-corrected chi connectivity index (χ1v) is 5.32. The molecule has 0 amide bonds. The molecule has 6 N–H and O–H groups in total. The second-order valence-electron chi connectivity index (χ2n) is 2.62. The Hall–Kier alpha value is -1.33. The fourth-order valence-corrected chi connectivity index (χ4v) is 1.50. The van der Waals surface area contributed by atoms with Gasteiger partial charge in [0, 0.05) is 18.0 Å². The fourth-order valence-electron chi connectivity index (χ4n) is 1.10. The van der Waals surface area contributed by atoms with Crippen LogP contribution < -0.4 is 21.7 Å². The van der Waals surface area contributed by atoms with E-state index in [2.05, 4.69) is 10.1 Å². The predicted molar refractivity (Wildman–Crippen MR) is 63.1 cm³/mol. The van der Waals surface area contributed by atoms with Crippen molar-refractivity contribution in [2.75, 3.05) is 11.0 Å². The van der Waals surface area contributed by atoms with Crippen LogP contribution in [0.25, 0.3) is 5.70 Å². The molecule has 0 heterocycles. The number of nitrogens with one attached hydrogen (secondary N) is 2. The molecule has 0 saturated heterocycles. The molecule has 0 bridgehead atoms. The zero-order valence-corrected chi connectivity index (χ0v) is 8.77. The summed E-state index contributed by atoms with van der Waals surface area (Å²) in [6, 6.07) is 7.77. The Morgan fingerprint density at radius 2 is 2.14 bits per heavy atom. The monoisotopic (exact) mass is 210 g/mol. The first kappa shape index (κ1) is 10.7. The lowest BCUT2D eigenvalue weighted by Gasteiger charge is -2.09. The quantitative estimate of drug-likeness (QED) is 0.340. The Bertz CT molecular complexity index is 324. The summed E-state index contributed by atoms with van der Waals surface area (Å²) in [5.41, 5.74) is 10.7. The highest BCUT2D eigenvalue weighted by Crippen LogP contribution is 2.21. The van der Waals surface area contributed by atoms with Gasteiger partial charge in [-0.3, -0.25) is 5.84 Å². The maximum absolute atomic E-state index is 5.81. The largest absolute Gasteiger partial charge is 0.397 e. The van der Waals surface area contributed by atoms with Gasteiger partial charge < -0.3 is 15.9 Å². The SMILES string of the molecule is CSNc1ccccc1/C(N)=C/NN. The molecule has 1 rings (SSSR count). The molecule has 0 aliphatic carbocycles. The minimum absolute atomic E-state index is 0.602. The number of rotatable bonds is 4. The van der Waals surface area contributed by atoms with Crippen LogP contribution in [0.1, 0.15) is 5.56 Å². The fraction of sp³-hybridized carbons (Fsp3) is 0.111. The molecule has 0 atom stereocenters. The van der Waals surface area contributed by atoms with E-state index in [-0.39, 0.29) is 0 Å². The van der Waals surface area contributed by atoms with Crippen LogP contribution in [-0.4, -0.2) is 6.26 Å². The maximum atomic E-state index is 5.81. The lowest BCUT2D eigenvalue weighted by Crippen LogP contribution is -2.16. The van der Waals surface area contributed by atoms with Gasteiger partial charge in [-0.2, -0.15) is 0 Å². The number of benzene rings is 1. The minimum atomic E-state index is 0.602. The van der Waals surface area contributed by atoms with E-state index in [9.17, 15) is 0 Å². The lowest BCUT2D eigenvalue weighted by atomic mass is 10.1. The van der Waals surface area contributed by atoms with Crippen LogP contribution in [0.4, 0.5) is 5.69 Å². The normalized spacial score (nSPS) is 11.1. The van der Waals surface area contributed by atoms with Crippen molar-refractivity contribution in [1.82, 2.24) is 5.43 Å². The van der Waals surface area contributed by atoms with Gasteiger partial charge in [0.2, 0.25) is 0 Å². The van der Waals surface area contributed by atoms with Crippen molar-refractivity contribution in [3.8, 4) is 0 Å². The third-order valence-electron chi connectivity index (χ3n) is 1.69. The van der Waals surface area contributed by atoms with Crippen molar-refractivity contribution in [2.45, 2.75) is 0 Å². The Balaban J connectivity index is 3.00. The highest BCUT2D eigenvalue weighted by Gasteiger charge is 2.02. The molecule has 0 fully saturated rings. The summed E-state index contributed by atoms with van der Waals surface area (Å²) in [6.45, 7) is 0. The van der Waals surface area contributed by atoms with Crippen molar-refractivity contribution < 1.29 is 0 Å². The second-order valence-corrected chi connectivity index (χ2v) is 3.23. The van der Waals surface area contributed by atoms with Crippen molar-refractivity contribution in [2.24, 2.45) is 11.6 Å². The number of hydrazine groups is 1. The summed E-state index contributed by atoms with van der Waals surface area (Å²) >= 11 is 1.52. The molecule has 0 aliphatic rings. The molecule has 0 saturated carbocycles. The van der Waals surface area contributed by atoms with Crippen LogP contribution in [0.3, 0.4) is 0 Å². The summed E-state index contributed by atoms with van der Waals surface area (Å²) in [5, 5.41) is 0. The molecule has 1 aromatic carbocycles. The van der Waals surface area contributed by atoms with Crippen LogP contribution in [0, 0.1) is 0 Å². The molecule has 14 heavy (non-hydrogen) atoms. The van der Waals surface area contributed by atoms with E-state index in [0.717, 1.165) is 11.3 Å². The third kappa shape index (κ3) is 2.58. The highest BCUT2D eigenvalue weighted by atomic mass is 32.2. The Kier molecular flexibility index (Phi) is 4.15. The summed E-state index contributed by atoms with van der Waals surface area (Å²) in [4.78, 5) is 0. The second kappa shape index (κ2) is 5.41. The standard InChI is InChI=1S/C9H14N4S/c1-14-13-9-5-3-2-4-7(9)8(10)6-12-11/h2-6,12-13H,10-11H2,1H3/b8-6-. The van der Waals surface area contributed by atoms with Crippen molar-refractivity contribution in [3.63, 3.8) is 0 Å². The molecule has 76 valence electrons. The van der Waals surface area contributed by atoms with Gasteiger partial charge in [-0.25, -0.2) is 0 Å². The van der Waals surface area contributed by atoms with Crippen LogP contribution in [-0.2, 0) is 0 Å². The number of para-hydroxylation sites is 1. The molecule has 0 unspecified atom stereocenters. The van der Waals surface area contributed by atoms with Crippen molar-refractivity contribution >= 4 is 23.3 Å². The molecular weight excluding hydrogens is 196 g/mol. The average Bonchev–Trinajstić information content (AvgIpc) is 2.19. The van der Waals surface area contributed by atoms with E-state index in [1.54, 1.807) is 6.20 Å². The Labute approximate surface area is 87.8 Å². The Morgan fingerprint density at radius 1 is 1.43 bits per heavy atom. The van der Waals surface area contributed by atoms with Gasteiger partial charge in [-0.1, -0.05) is 30.1 Å². The smallest absolute Gasteiger partial charge is 0.0582 e. The minimum Gasteiger partial charge on any atom is -0.397 e. The van der Waals surface area contributed by atoms with Crippen LogP contribution in [0.15, 0.2) is 30.5 Å².